The van der Waals surface area contributed by atoms with Crippen molar-refractivity contribution in [2.24, 2.45) is 5.92 Å². The Bertz CT molecular complexity index is 414. The van der Waals surface area contributed by atoms with Gasteiger partial charge in [0.2, 0.25) is 0 Å². The molecule has 1 amide bonds. The van der Waals surface area contributed by atoms with Crippen LogP contribution in [0, 0.1) is 5.92 Å². The fourth-order valence-corrected chi connectivity index (χ4v) is 2.24. The molecule has 4 nitrogen and oxygen atoms in total. The maximum absolute atomic E-state index is 12.6. The van der Waals surface area contributed by atoms with E-state index in [1.54, 1.807) is 18.2 Å². The van der Waals surface area contributed by atoms with E-state index in [2.05, 4.69) is 32.7 Å². The van der Waals surface area contributed by atoms with Gasteiger partial charge in [-0.1, -0.05) is 33.8 Å². The summed E-state index contributed by atoms with van der Waals surface area (Å²) in [6.45, 7) is 9.22. The average molecular weight is 263 g/mol. The van der Waals surface area contributed by atoms with Crippen molar-refractivity contribution in [1.29, 1.82) is 0 Å². The van der Waals surface area contributed by atoms with Crippen LogP contribution in [-0.2, 0) is 0 Å². The molecule has 0 spiro atoms. The van der Waals surface area contributed by atoms with Gasteiger partial charge in [0.15, 0.2) is 0 Å². The van der Waals surface area contributed by atoms with Crippen molar-refractivity contribution in [3.05, 3.63) is 23.9 Å². The molecule has 0 saturated carbocycles. The monoisotopic (exact) mass is 263 g/mol. The first kappa shape index (κ1) is 15.5. The van der Waals surface area contributed by atoms with Gasteiger partial charge in [-0.15, -0.1) is 0 Å². The van der Waals surface area contributed by atoms with E-state index in [1.165, 1.54) is 0 Å². The molecule has 0 bridgehead atoms. The maximum atomic E-state index is 12.6. The molecule has 2 N–H and O–H groups in total. The van der Waals surface area contributed by atoms with Crippen LogP contribution < -0.4 is 5.73 Å². The lowest BCUT2D eigenvalue weighted by atomic mass is 10.1. The molecule has 0 aliphatic carbocycles. The highest BCUT2D eigenvalue weighted by atomic mass is 16.2. The quantitative estimate of drug-likeness (QED) is 0.858. The molecule has 0 unspecified atom stereocenters. The van der Waals surface area contributed by atoms with Crippen LogP contribution in [0.4, 0.5) is 5.82 Å². The Hall–Kier alpha value is -1.58. The Morgan fingerprint density at radius 1 is 1.32 bits per heavy atom. The summed E-state index contributed by atoms with van der Waals surface area (Å²) < 4.78 is 0. The minimum Gasteiger partial charge on any atom is -0.384 e. The molecule has 0 fully saturated rings. The SMILES string of the molecule is CCC(CC)N(CC(C)C)C(=O)c1cccc(N)n1. The Morgan fingerprint density at radius 3 is 2.42 bits per heavy atom. The molecule has 0 radical (unpaired) electrons. The molecule has 1 heterocycles. The fourth-order valence-electron chi connectivity index (χ4n) is 2.24. The predicted octanol–water partition coefficient (Wildman–Crippen LogP) is 2.95. The van der Waals surface area contributed by atoms with Crippen molar-refractivity contribution < 1.29 is 4.79 Å². The number of amides is 1. The first-order valence-electron chi connectivity index (χ1n) is 7.03. The van der Waals surface area contributed by atoms with Gasteiger partial charge in [0.25, 0.3) is 5.91 Å². The van der Waals surface area contributed by atoms with Gasteiger partial charge in [-0.2, -0.15) is 0 Å². The summed E-state index contributed by atoms with van der Waals surface area (Å²) in [5, 5.41) is 0. The summed E-state index contributed by atoms with van der Waals surface area (Å²) in [6, 6.07) is 5.46. The number of hydrogen-bond acceptors (Lipinski definition) is 3. The zero-order valence-electron chi connectivity index (χ0n) is 12.4. The van der Waals surface area contributed by atoms with Gasteiger partial charge in [-0.3, -0.25) is 4.79 Å². The smallest absolute Gasteiger partial charge is 0.272 e. The van der Waals surface area contributed by atoms with Crippen LogP contribution in [0.3, 0.4) is 0 Å². The highest BCUT2D eigenvalue weighted by Crippen LogP contribution is 2.15. The van der Waals surface area contributed by atoms with Crippen molar-refractivity contribution in [2.75, 3.05) is 12.3 Å². The number of nitrogen functional groups attached to an aromatic ring is 1. The molecule has 1 aromatic rings. The predicted molar refractivity (Wildman–Crippen MR) is 78.9 cm³/mol. The molecule has 4 heteroatoms. The van der Waals surface area contributed by atoms with Crippen molar-refractivity contribution in [3.8, 4) is 0 Å². The van der Waals surface area contributed by atoms with Gasteiger partial charge in [-0.05, 0) is 30.9 Å². The lowest BCUT2D eigenvalue weighted by Gasteiger charge is -2.31. The highest BCUT2D eigenvalue weighted by Gasteiger charge is 2.24. The molecule has 106 valence electrons. The number of aromatic nitrogens is 1. The molecule has 1 aromatic heterocycles. The largest absolute Gasteiger partial charge is 0.384 e. The van der Waals surface area contributed by atoms with Crippen LogP contribution in [0.15, 0.2) is 18.2 Å². The maximum Gasteiger partial charge on any atom is 0.272 e. The molecule has 0 aromatic carbocycles. The van der Waals surface area contributed by atoms with Crippen LogP contribution in [-0.4, -0.2) is 28.4 Å². The van der Waals surface area contributed by atoms with Crippen molar-refractivity contribution in [2.45, 2.75) is 46.6 Å². The second kappa shape index (κ2) is 7.12. The summed E-state index contributed by atoms with van der Waals surface area (Å²) in [5.74, 6) is 0.806. The molecular weight excluding hydrogens is 238 g/mol. The van der Waals surface area contributed by atoms with Crippen LogP contribution in [0.5, 0.6) is 0 Å². The van der Waals surface area contributed by atoms with Gasteiger partial charge >= 0.3 is 0 Å². The van der Waals surface area contributed by atoms with Crippen LogP contribution in [0.1, 0.15) is 51.0 Å². The summed E-state index contributed by atoms with van der Waals surface area (Å²) >= 11 is 0. The van der Waals surface area contributed by atoms with E-state index in [4.69, 9.17) is 5.73 Å². The third-order valence-electron chi connectivity index (χ3n) is 3.20. The van der Waals surface area contributed by atoms with Crippen molar-refractivity contribution >= 4 is 11.7 Å². The van der Waals surface area contributed by atoms with E-state index < -0.39 is 0 Å². The second-order valence-corrected chi connectivity index (χ2v) is 5.27. The number of rotatable bonds is 6. The van der Waals surface area contributed by atoms with Gasteiger partial charge < -0.3 is 10.6 Å². The second-order valence-electron chi connectivity index (χ2n) is 5.27. The number of pyridine rings is 1. The van der Waals surface area contributed by atoms with Gasteiger partial charge in [0, 0.05) is 12.6 Å². The third-order valence-corrected chi connectivity index (χ3v) is 3.20. The number of nitrogens with two attached hydrogens (primary N) is 1. The normalized spacial score (nSPS) is 11.1. The zero-order chi connectivity index (χ0) is 14.4. The Kier molecular flexibility index (Phi) is 5.80. The molecule has 0 aliphatic heterocycles. The molecular formula is C15H25N3O. The van der Waals surface area contributed by atoms with E-state index >= 15 is 0 Å². The minimum atomic E-state index is -0.0188. The average Bonchev–Trinajstić information content (AvgIpc) is 2.37. The van der Waals surface area contributed by atoms with E-state index in [-0.39, 0.29) is 11.9 Å². The summed E-state index contributed by atoms with van der Waals surface area (Å²) in [5.41, 5.74) is 6.09. The topological polar surface area (TPSA) is 59.2 Å². The Morgan fingerprint density at radius 2 is 1.95 bits per heavy atom. The van der Waals surface area contributed by atoms with Crippen LogP contribution in [0.25, 0.3) is 0 Å². The molecule has 1 rings (SSSR count). The first-order valence-corrected chi connectivity index (χ1v) is 7.03. The Balaban J connectivity index is 2.99. The standard InChI is InChI=1S/C15H25N3O/c1-5-12(6-2)18(10-11(3)4)15(19)13-8-7-9-14(16)17-13/h7-9,11-12H,5-6,10H2,1-4H3,(H2,16,17). The number of carbonyl (C=O) groups is 1. The number of anilines is 1. The number of hydrogen-bond donors (Lipinski definition) is 1. The lowest BCUT2D eigenvalue weighted by Crippen LogP contribution is -2.42. The zero-order valence-corrected chi connectivity index (χ0v) is 12.4. The van der Waals surface area contributed by atoms with E-state index in [9.17, 15) is 4.79 Å². The third kappa shape index (κ3) is 4.23. The van der Waals surface area contributed by atoms with Gasteiger partial charge in [-0.25, -0.2) is 4.98 Å². The van der Waals surface area contributed by atoms with Crippen molar-refractivity contribution in [1.82, 2.24) is 9.88 Å². The fraction of sp³-hybridized carbons (Fsp3) is 0.600. The van der Waals surface area contributed by atoms with E-state index in [1.807, 2.05) is 4.90 Å². The van der Waals surface area contributed by atoms with Crippen LogP contribution in [0.2, 0.25) is 0 Å². The molecule has 0 atom stereocenters. The first-order chi connectivity index (χ1) is 8.99. The number of carbonyl (C=O) groups excluding carboxylic acids is 1. The molecule has 0 saturated heterocycles. The van der Waals surface area contributed by atoms with E-state index in [0.29, 0.717) is 17.4 Å². The summed E-state index contributed by atoms with van der Waals surface area (Å²) in [4.78, 5) is 18.7. The van der Waals surface area contributed by atoms with Gasteiger partial charge in [0.1, 0.15) is 11.5 Å². The lowest BCUT2D eigenvalue weighted by molar-refractivity contribution is 0.0634. The minimum absolute atomic E-state index is 0.0188. The summed E-state index contributed by atoms with van der Waals surface area (Å²) in [7, 11) is 0. The van der Waals surface area contributed by atoms with Crippen molar-refractivity contribution in [3.63, 3.8) is 0 Å². The molecule has 0 aliphatic rings. The number of nitrogens with zero attached hydrogens (tertiary/aromatic N) is 2. The Labute approximate surface area is 116 Å². The van der Waals surface area contributed by atoms with Crippen LogP contribution >= 0.6 is 0 Å². The van der Waals surface area contributed by atoms with Gasteiger partial charge in [0.05, 0.1) is 0 Å². The van der Waals surface area contributed by atoms with E-state index in [0.717, 1.165) is 19.4 Å². The highest BCUT2D eigenvalue weighted by molar-refractivity contribution is 5.92. The summed E-state index contributed by atoms with van der Waals surface area (Å²) in [6.07, 6.45) is 1.91. The molecule has 19 heavy (non-hydrogen) atoms.